The van der Waals surface area contributed by atoms with Crippen LogP contribution in [0.3, 0.4) is 0 Å². The summed E-state index contributed by atoms with van der Waals surface area (Å²) in [5, 5.41) is 2.15. The van der Waals surface area contributed by atoms with Gasteiger partial charge in [0.25, 0.3) is 0 Å². The van der Waals surface area contributed by atoms with E-state index >= 15 is 0 Å². The van der Waals surface area contributed by atoms with E-state index in [2.05, 4.69) is 4.99 Å². The lowest BCUT2D eigenvalue weighted by Gasteiger charge is -2.18. The van der Waals surface area contributed by atoms with Gasteiger partial charge in [-0.15, -0.1) is 0 Å². The molecule has 3 aromatic rings. The van der Waals surface area contributed by atoms with Crippen molar-refractivity contribution in [1.29, 1.82) is 0 Å². The molecule has 0 fully saturated rings. The van der Waals surface area contributed by atoms with E-state index in [-0.39, 0.29) is 0 Å². The van der Waals surface area contributed by atoms with Gasteiger partial charge < -0.3 is 9.47 Å². The Morgan fingerprint density at radius 3 is 2.48 bits per heavy atom. The third kappa shape index (κ3) is 2.76. The number of ether oxygens (including phenoxy) is 2. The van der Waals surface area contributed by atoms with Gasteiger partial charge >= 0.3 is 5.97 Å². The number of methoxy groups -OCH3 is 1. The van der Waals surface area contributed by atoms with Crippen LogP contribution in [-0.4, -0.2) is 25.0 Å². The fourth-order valence-electron chi connectivity index (χ4n) is 3.16. The van der Waals surface area contributed by atoms with Crippen LogP contribution >= 0.6 is 0 Å². The fraction of sp³-hybridized carbons (Fsp3) is 0.143. The summed E-state index contributed by atoms with van der Waals surface area (Å²) in [6.45, 7) is 0. The molecule has 1 aliphatic rings. The fourth-order valence-corrected chi connectivity index (χ4v) is 3.16. The van der Waals surface area contributed by atoms with Gasteiger partial charge in [0.15, 0.2) is 12.1 Å². The highest BCUT2D eigenvalue weighted by atomic mass is 16.5. The molecule has 0 bridgehead atoms. The van der Waals surface area contributed by atoms with Gasteiger partial charge in [0.05, 0.1) is 7.11 Å². The molecular weight excluding hydrogens is 314 g/mol. The number of carbonyl (C=O) groups is 1. The molecule has 0 amide bonds. The van der Waals surface area contributed by atoms with Crippen molar-refractivity contribution >= 4 is 22.6 Å². The van der Waals surface area contributed by atoms with Crippen molar-refractivity contribution in [2.24, 2.45) is 4.99 Å². The first-order chi connectivity index (χ1) is 12.3. The van der Waals surface area contributed by atoms with Crippen LogP contribution in [0, 0.1) is 0 Å². The van der Waals surface area contributed by atoms with E-state index in [4.69, 9.17) is 9.47 Å². The van der Waals surface area contributed by atoms with Crippen LogP contribution < -0.4 is 0 Å². The average Bonchev–Trinajstić information content (AvgIpc) is 3.13. The Balaban J connectivity index is 1.79. The molecule has 0 spiro atoms. The second kappa shape index (κ2) is 6.40. The normalized spacial score (nSPS) is 19.3. The van der Waals surface area contributed by atoms with Gasteiger partial charge in [0.1, 0.15) is 0 Å². The standard InChI is InChI=1S/C21H17NO3/c1-24-21(23)18-19(25-20(22-18)15-9-3-2-4-10-15)17-13-7-11-14-8-5-6-12-16(14)17/h2-13,18-19H,1H3/t18-,19-/m0/s1. The summed E-state index contributed by atoms with van der Waals surface area (Å²) < 4.78 is 11.1. The van der Waals surface area contributed by atoms with Crippen molar-refractivity contribution < 1.29 is 14.3 Å². The van der Waals surface area contributed by atoms with Gasteiger partial charge in [-0.25, -0.2) is 9.79 Å². The number of esters is 1. The zero-order valence-electron chi connectivity index (χ0n) is 13.8. The maximum atomic E-state index is 12.3. The highest BCUT2D eigenvalue weighted by Gasteiger charge is 2.39. The molecule has 0 radical (unpaired) electrons. The first-order valence-electron chi connectivity index (χ1n) is 8.13. The maximum absolute atomic E-state index is 12.3. The molecular formula is C21H17NO3. The largest absolute Gasteiger partial charge is 0.467 e. The van der Waals surface area contributed by atoms with Gasteiger partial charge in [-0.1, -0.05) is 60.7 Å². The van der Waals surface area contributed by atoms with Crippen LogP contribution in [0.25, 0.3) is 10.8 Å². The zero-order valence-corrected chi connectivity index (χ0v) is 13.8. The summed E-state index contributed by atoms with van der Waals surface area (Å²) in [6, 6.07) is 22.9. The van der Waals surface area contributed by atoms with Gasteiger partial charge in [-0.3, -0.25) is 0 Å². The molecule has 2 atom stereocenters. The first kappa shape index (κ1) is 15.4. The van der Waals surface area contributed by atoms with E-state index in [0.29, 0.717) is 5.90 Å². The maximum Gasteiger partial charge on any atom is 0.335 e. The predicted molar refractivity (Wildman–Crippen MR) is 96.6 cm³/mol. The Bertz CT molecular complexity index is 944. The molecule has 25 heavy (non-hydrogen) atoms. The Morgan fingerprint density at radius 1 is 0.960 bits per heavy atom. The molecule has 3 aromatic carbocycles. The number of nitrogens with zero attached hydrogens (tertiary/aromatic N) is 1. The van der Waals surface area contributed by atoms with E-state index in [1.807, 2.05) is 72.8 Å². The second-order valence-electron chi connectivity index (χ2n) is 5.88. The zero-order chi connectivity index (χ0) is 17.2. The number of fused-ring (bicyclic) bond motifs is 1. The van der Waals surface area contributed by atoms with Crippen molar-refractivity contribution in [2.75, 3.05) is 7.11 Å². The molecule has 0 N–H and O–H groups in total. The van der Waals surface area contributed by atoms with Crippen LogP contribution in [0.15, 0.2) is 77.8 Å². The highest BCUT2D eigenvalue weighted by molar-refractivity contribution is 5.99. The molecule has 4 heteroatoms. The molecule has 0 aliphatic carbocycles. The van der Waals surface area contributed by atoms with Crippen molar-refractivity contribution in [3.63, 3.8) is 0 Å². The van der Waals surface area contributed by atoms with Crippen LogP contribution in [0.1, 0.15) is 17.2 Å². The van der Waals surface area contributed by atoms with Gasteiger partial charge in [0, 0.05) is 11.1 Å². The van der Waals surface area contributed by atoms with Crippen molar-refractivity contribution in [1.82, 2.24) is 0 Å². The van der Waals surface area contributed by atoms with E-state index in [1.54, 1.807) is 0 Å². The van der Waals surface area contributed by atoms with E-state index in [9.17, 15) is 4.79 Å². The number of aliphatic imine (C=N–C) groups is 1. The SMILES string of the molecule is COC(=O)[C@H]1N=C(c2ccccc2)O[C@H]1c1cccc2ccccc12. The Labute approximate surface area is 145 Å². The summed E-state index contributed by atoms with van der Waals surface area (Å²) in [4.78, 5) is 16.8. The molecule has 124 valence electrons. The van der Waals surface area contributed by atoms with Crippen molar-refractivity contribution in [2.45, 2.75) is 12.1 Å². The topological polar surface area (TPSA) is 47.9 Å². The lowest BCUT2D eigenvalue weighted by atomic mass is 9.96. The van der Waals surface area contributed by atoms with Crippen LogP contribution in [0.2, 0.25) is 0 Å². The summed E-state index contributed by atoms with van der Waals surface area (Å²) in [5.74, 6) is 0.0674. The summed E-state index contributed by atoms with van der Waals surface area (Å²) in [5.41, 5.74) is 1.78. The third-order valence-corrected chi connectivity index (χ3v) is 4.38. The second-order valence-corrected chi connectivity index (χ2v) is 5.88. The molecule has 0 aromatic heterocycles. The molecule has 0 saturated carbocycles. The summed E-state index contributed by atoms with van der Waals surface area (Å²) in [7, 11) is 1.37. The molecule has 4 rings (SSSR count). The van der Waals surface area contributed by atoms with Crippen LogP contribution in [-0.2, 0) is 14.3 Å². The smallest absolute Gasteiger partial charge is 0.335 e. The van der Waals surface area contributed by atoms with Crippen LogP contribution in [0.4, 0.5) is 0 Å². The van der Waals surface area contributed by atoms with E-state index < -0.39 is 18.1 Å². The minimum Gasteiger partial charge on any atom is -0.467 e. The van der Waals surface area contributed by atoms with E-state index in [1.165, 1.54) is 7.11 Å². The Hall–Kier alpha value is -3.14. The van der Waals surface area contributed by atoms with Gasteiger partial charge in [-0.05, 0) is 22.9 Å². The number of hydrogen-bond donors (Lipinski definition) is 0. The third-order valence-electron chi connectivity index (χ3n) is 4.38. The number of carbonyl (C=O) groups excluding carboxylic acids is 1. The average molecular weight is 331 g/mol. The molecule has 1 heterocycles. The summed E-state index contributed by atoms with van der Waals surface area (Å²) in [6.07, 6.45) is -0.506. The van der Waals surface area contributed by atoms with Crippen molar-refractivity contribution in [3.05, 3.63) is 83.9 Å². The number of rotatable bonds is 3. The molecule has 4 nitrogen and oxygen atoms in total. The molecule has 1 aliphatic heterocycles. The number of hydrogen-bond acceptors (Lipinski definition) is 4. The van der Waals surface area contributed by atoms with E-state index in [0.717, 1.165) is 21.9 Å². The summed E-state index contributed by atoms with van der Waals surface area (Å²) >= 11 is 0. The first-order valence-corrected chi connectivity index (χ1v) is 8.13. The van der Waals surface area contributed by atoms with Gasteiger partial charge in [-0.2, -0.15) is 0 Å². The quantitative estimate of drug-likeness (QED) is 0.684. The number of benzene rings is 3. The minimum absolute atomic E-state index is 0.399. The predicted octanol–water partition coefficient (Wildman–Crippen LogP) is 3.90. The minimum atomic E-state index is -0.717. The van der Waals surface area contributed by atoms with Crippen LogP contribution in [0.5, 0.6) is 0 Å². The lowest BCUT2D eigenvalue weighted by molar-refractivity contribution is -0.143. The Kier molecular flexibility index (Phi) is 3.94. The monoisotopic (exact) mass is 331 g/mol. The highest BCUT2D eigenvalue weighted by Crippen LogP contribution is 2.35. The Morgan fingerprint density at radius 2 is 1.68 bits per heavy atom. The molecule has 0 unspecified atom stereocenters. The lowest BCUT2D eigenvalue weighted by Crippen LogP contribution is -2.25. The van der Waals surface area contributed by atoms with Crippen molar-refractivity contribution in [3.8, 4) is 0 Å². The molecule has 0 saturated heterocycles. The van der Waals surface area contributed by atoms with Gasteiger partial charge in [0.2, 0.25) is 5.90 Å².